The second-order valence-electron chi connectivity index (χ2n) is 18.1. The molecule has 0 spiro atoms. The molecule has 1 unspecified atom stereocenters. The van der Waals surface area contributed by atoms with Crippen molar-refractivity contribution in [3.05, 3.63) is 6.20 Å². The number of rotatable bonds is 43. The zero-order valence-electron chi connectivity index (χ0n) is 40.1. The van der Waals surface area contributed by atoms with Crippen molar-refractivity contribution in [3.63, 3.8) is 0 Å². The van der Waals surface area contributed by atoms with E-state index in [1.807, 2.05) is 0 Å². The maximum absolute atomic E-state index is 12.9. The number of thioether (sulfide) groups is 1. The number of nitrogens with two attached hydrogens (primary N) is 1. The van der Waals surface area contributed by atoms with Crippen LogP contribution in [0.4, 0.5) is 5.82 Å². The van der Waals surface area contributed by atoms with Gasteiger partial charge in [0.1, 0.15) is 31.0 Å². The van der Waals surface area contributed by atoms with Gasteiger partial charge in [-0.25, -0.2) is 4.68 Å². The lowest BCUT2D eigenvalue weighted by Gasteiger charge is -2.19. The number of ether oxygens (including phenoxy) is 3. The van der Waals surface area contributed by atoms with Crippen LogP contribution in [-0.4, -0.2) is 103 Å². The van der Waals surface area contributed by atoms with Gasteiger partial charge in [-0.3, -0.25) is 14.4 Å². The molecule has 1 aromatic heterocycles. The maximum Gasteiger partial charge on any atom is 0.306 e. The van der Waals surface area contributed by atoms with E-state index in [2.05, 4.69) is 29.5 Å². The lowest BCUT2D eigenvalue weighted by Crippen LogP contribution is -2.38. The summed E-state index contributed by atoms with van der Waals surface area (Å²) in [5, 5.41) is 40.0. The molecule has 1 saturated heterocycles. The molecule has 6 atom stereocenters. The highest BCUT2D eigenvalue weighted by Gasteiger charge is 2.44. The van der Waals surface area contributed by atoms with Crippen LogP contribution >= 0.6 is 11.8 Å². The van der Waals surface area contributed by atoms with E-state index in [1.54, 1.807) is 0 Å². The Morgan fingerprint density at radius 3 is 1.56 bits per heavy atom. The fourth-order valence-electron chi connectivity index (χ4n) is 8.08. The number of hydrogen-bond donors (Lipinski definition) is 5. The Bertz CT molecular complexity index is 1310. The van der Waals surface area contributed by atoms with Gasteiger partial charge in [0.05, 0.1) is 18.8 Å². The van der Waals surface area contributed by atoms with Crippen LogP contribution in [0.5, 0.6) is 0 Å². The average Bonchev–Trinajstić information content (AvgIpc) is 3.87. The van der Waals surface area contributed by atoms with Crippen molar-refractivity contribution in [2.75, 3.05) is 30.0 Å². The fraction of sp³-hybridized carbons (Fsp3) is 0.898. The second-order valence-corrected chi connectivity index (χ2v) is 19.2. The Morgan fingerprint density at radius 1 is 0.688 bits per heavy atom. The predicted molar refractivity (Wildman–Crippen MR) is 257 cm³/mol. The molecule has 0 radical (unpaired) electrons. The molecule has 0 bridgehead atoms. The van der Waals surface area contributed by atoms with Gasteiger partial charge in [-0.2, -0.15) is 11.8 Å². The van der Waals surface area contributed by atoms with Crippen LogP contribution in [0.1, 0.15) is 226 Å². The first-order valence-corrected chi connectivity index (χ1v) is 26.9. The summed E-state index contributed by atoms with van der Waals surface area (Å²) in [4.78, 5) is 38.5. The molecule has 1 amide bonds. The summed E-state index contributed by atoms with van der Waals surface area (Å²) < 4.78 is 18.0. The lowest BCUT2D eigenvalue weighted by molar-refractivity contribution is -0.157. The van der Waals surface area contributed by atoms with E-state index >= 15 is 0 Å². The van der Waals surface area contributed by atoms with Crippen LogP contribution in [0.3, 0.4) is 0 Å². The Balaban J connectivity index is 1.69. The van der Waals surface area contributed by atoms with Gasteiger partial charge in [0.2, 0.25) is 5.91 Å². The van der Waals surface area contributed by atoms with E-state index in [0.717, 1.165) is 43.2 Å². The third kappa shape index (κ3) is 28.0. The van der Waals surface area contributed by atoms with E-state index in [-0.39, 0.29) is 30.1 Å². The zero-order chi connectivity index (χ0) is 46.5. The van der Waals surface area contributed by atoms with Crippen LogP contribution < -0.4 is 11.1 Å². The molecule has 1 fully saturated rings. The summed E-state index contributed by atoms with van der Waals surface area (Å²) in [7, 11) is 0. The number of hydrogen-bond acceptors (Lipinski definition) is 13. The molecule has 15 heteroatoms. The number of carbonyl (C=O) groups is 3. The van der Waals surface area contributed by atoms with Crippen LogP contribution in [0.2, 0.25) is 0 Å². The van der Waals surface area contributed by atoms with Gasteiger partial charge in [0.15, 0.2) is 12.0 Å². The summed E-state index contributed by atoms with van der Waals surface area (Å²) in [5.74, 6) is -0.608. The van der Waals surface area contributed by atoms with E-state index in [4.69, 9.17) is 19.9 Å². The number of carbonyl (C=O) groups excluding carboxylic acids is 3. The highest BCUT2D eigenvalue weighted by molar-refractivity contribution is 7.99. The van der Waals surface area contributed by atoms with Crippen molar-refractivity contribution in [3.8, 4) is 0 Å². The third-order valence-electron chi connectivity index (χ3n) is 12.2. The molecular formula is C49H91N5O9S. The summed E-state index contributed by atoms with van der Waals surface area (Å²) in [6.07, 6.45) is 34.0. The quantitative estimate of drug-likeness (QED) is 0.0306. The minimum Gasteiger partial charge on any atom is -0.462 e. The molecule has 372 valence electrons. The van der Waals surface area contributed by atoms with Gasteiger partial charge in [0, 0.05) is 24.3 Å². The Kier molecular flexibility index (Phi) is 35.0. The predicted octanol–water partition coefficient (Wildman–Crippen LogP) is 9.87. The number of amides is 1. The van der Waals surface area contributed by atoms with Crippen LogP contribution in [-0.2, 0) is 28.6 Å². The van der Waals surface area contributed by atoms with Gasteiger partial charge in [-0.05, 0) is 12.8 Å². The number of anilines is 1. The fourth-order valence-corrected chi connectivity index (χ4v) is 9.05. The number of aliphatic hydroxyl groups excluding tert-OH is 3. The zero-order valence-corrected chi connectivity index (χ0v) is 40.9. The number of aromatic nitrogens is 3. The van der Waals surface area contributed by atoms with Gasteiger partial charge in [0.25, 0.3) is 0 Å². The van der Waals surface area contributed by atoms with Crippen molar-refractivity contribution in [1.82, 2.24) is 15.0 Å². The summed E-state index contributed by atoms with van der Waals surface area (Å²) in [5.41, 5.74) is 6.19. The summed E-state index contributed by atoms with van der Waals surface area (Å²) in [6.45, 7) is 3.98. The minimum absolute atomic E-state index is 0.0549. The molecule has 0 saturated carbocycles. The Labute approximate surface area is 391 Å². The first kappa shape index (κ1) is 57.8. The smallest absolute Gasteiger partial charge is 0.306 e. The second kappa shape index (κ2) is 38.8. The average molecular weight is 926 g/mol. The Morgan fingerprint density at radius 2 is 1.12 bits per heavy atom. The van der Waals surface area contributed by atoms with Crippen molar-refractivity contribution in [2.45, 2.75) is 256 Å². The maximum atomic E-state index is 12.9. The lowest BCUT2D eigenvalue weighted by atomic mass is 10.0. The monoisotopic (exact) mass is 926 g/mol. The van der Waals surface area contributed by atoms with Crippen LogP contribution in [0.25, 0.3) is 0 Å². The number of nitrogens with one attached hydrogen (secondary N) is 1. The molecule has 2 heterocycles. The molecule has 0 aliphatic carbocycles. The number of esters is 2. The molecule has 2 rings (SSSR count). The SMILES string of the molecule is CCCCCCCCCCCCCCCCCC(=O)OC[C@H](CSC[C@@H](N)C(=O)Nc1cn([C@H]2OC(CO)[C@@H](O)[C@@H]2O)nn1)OC(=O)CCCCCCCCCCCCCCCCC. The van der Waals surface area contributed by atoms with Crippen molar-refractivity contribution >= 4 is 35.4 Å². The Hall–Kier alpha value is -2.30. The molecule has 0 aromatic carbocycles. The van der Waals surface area contributed by atoms with Gasteiger partial charge in [-0.1, -0.05) is 199 Å². The molecule has 64 heavy (non-hydrogen) atoms. The molecule has 1 aromatic rings. The molecular weight excluding hydrogens is 835 g/mol. The first-order valence-electron chi connectivity index (χ1n) is 25.7. The van der Waals surface area contributed by atoms with Crippen molar-refractivity contribution in [2.24, 2.45) is 5.73 Å². The summed E-state index contributed by atoms with van der Waals surface area (Å²) >= 11 is 1.32. The minimum atomic E-state index is -1.35. The highest BCUT2D eigenvalue weighted by Crippen LogP contribution is 2.29. The molecule has 14 nitrogen and oxygen atoms in total. The van der Waals surface area contributed by atoms with Gasteiger partial charge >= 0.3 is 11.9 Å². The van der Waals surface area contributed by atoms with E-state index in [0.29, 0.717) is 18.6 Å². The van der Waals surface area contributed by atoms with Crippen LogP contribution in [0, 0.1) is 0 Å². The van der Waals surface area contributed by atoms with Crippen LogP contribution in [0.15, 0.2) is 6.20 Å². The number of aliphatic hydroxyl groups is 3. The molecule has 1 aliphatic rings. The van der Waals surface area contributed by atoms with Crippen molar-refractivity contribution < 1.29 is 43.9 Å². The van der Waals surface area contributed by atoms with Gasteiger partial charge < -0.3 is 40.6 Å². The highest BCUT2D eigenvalue weighted by atomic mass is 32.2. The normalized spacial score (nSPS) is 18.3. The first-order chi connectivity index (χ1) is 31.2. The van der Waals surface area contributed by atoms with Gasteiger partial charge in [-0.15, -0.1) is 5.10 Å². The van der Waals surface area contributed by atoms with Crippen molar-refractivity contribution in [1.29, 1.82) is 0 Å². The molecule has 6 N–H and O–H groups in total. The summed E-state index contributed by atoms with van der Waals surface area (Å²) in [6, 6.07) is -0.951. The van der Waals surface area contributed by atoms with E-state index in [1.165, 1.54) is 172 Å². The van der Waals surface area contributed by atoms with E-state index < -0.39 is 49.2 Å². The molecule has 1 aliphatic heterocycles. The largest absolute Gasteiger partial charge is 0.462 e. The standard InChI is InChI=1S/C49H91N5O9S/c1-3-5-7-9-11-13-15-17-19-21-23-25-27-29-31-33-44(56)61-37-40(62-45(57)34-32-30-28-26-24-22-20-18-16-14-12-10-8-6-4-2)38-64-39-41(50)48(60)51-43-35-54(53-52-43)49-47(59)46(58)42(36-55)63-49/h35,40-42,46-47,49,55,58-59H,3-34,36-39,50H2,1-2H3,(H,51,60)/t40-,41-,42?,46-,47+,49+/m1/s1. The van der Waals surface area contributed by atoms with E-state index in [9.17, 15) is 29.7 Å². The number of nitrogens with zero attached hydrogens (tertiary/aromatic N) is 3. The number of unbranched alkanes of at least 4 members (excludes halogenated alkanes) is 28. The topological polar surface area (TPSA) is 208 Å². The third-order valence-corrected chi connectivity index (χ3v) is 13.4.